The molecule has 1 aromatic carbocycles. The van der Waals surface area contributed by atoms with Crippen molar-refractivity contribution >= 4 is 11.8 Å². The zero-order valence-corrected chi connectivity index (χ0v) is 17.6. The molecule has 1 unspecified atom stereocenters. The number of ether oxygens (including phenoxy) is 2. The van der Waals surface area contributed by atoms with Gasteiger partial charge in [-0.05, 0) is 58.2 Å². The van der Waals surface area contributed by atoms with Crippen LogP contribution in [-0.2, 0) is 4.79 Å². The highest BCUT2D eigenvalue weighted by Gasteiger charge is 2.20. The lowest BCUT2D eigenvalue weighted by Crippen LogP contribution is -2.38. The van der Waals surface area contributed by atoms with Crippen LogP contribution in [0.15, 0.2) is 22.7 Å². The van der Waals surface area contributed by atoms with E-state index >= 15 is 0 Å². The van der Waals surface area contributed by atoms with Crippen molar-refractivity contribution in [1.29, 1.82) is 0 Å². The van der Waals surface area contributed by atoms with Crippen molar-refractivity contribution in [2.24, 2.45) is 0 Å². The molecule has 1 atom stereocenters. The molecule has 1 saturated heterocycles. The maximum atomic E-state index is 12.6. The summed E-state index contributed by atoms with van der Waals surface area (Å²) < 4.78 is 16.4. The van der Waals surface area contributed by atoms with Crippen LogP contribution >= 0.6 is 0 Å². The predicted molar refractivity (Wildman–Crippen MR) is 108 cm³/mol. The van der Waals surface area contributed by atoms with E-state index in [0.717, 1.165) is 32.4 Å². The van der Waals surface area contributed by atoms with Gasteiger partial charge in [-0.1, -0.05) is 5.16 Å². The number of piperidine rings is 1. The number of carbonyl (C=O) groups is 2. The molecular formula is C21H28N4O5. The second-order valence-corrected chi connectivity index (χ2v) is 7.20. The second-order valence-electron chi connectivity index (χ2n) is 7.20. The molecule has 2 amide bonds. The van der Waals surface area contributed by atoms with Crippen LogP contribution in [0.2, 0.25) is 0 Å². The Bertz CT molecular complexity index is 876. The van der Waals surface area contributed by atoms with E-state index in [1.165, 1.54) is 0 Å². The molecule has 1 aliphatic heterocycles. The van der Waals surface area contributed by atoms with Crippen molar-refractivity contribution in [3.8, 4) is 11.5 Å². The molecule has 1 fully saturated rings. The van der Waals surface area contributed by atoms with Gasteiger partial charge in [-0.25, -0.2) is 0 Å². The van der Waals surface area contributed by atoms with E-state index in [4.69, 9.17) is 14.0 Å². The minimum absolute atomic E-state index is 0.0392. The molecule has 2 heterocycles. The Labute approximate surface area is 175 Å². The molecule has 0 bridgehead atoms. The Morgan fingerprint density at radius 1 is 1.20 bits per heavy atom. The molecular weight excluding hydrogens is 388 g/mol. The van der Waals surface area contributed by atoms with Crippen LogP contribution in [0.4, 0.5) is 0 Å². The van der Waals surface area contributed by atoms with Gasteiger partial charge in [0.15, 0.2) is 23.9 Å². The first-order chi connectivity index (χ1) is 14.5. The number of rotatable bonds is 8. The molecule has 3 rings (SSSR count). The summed E-state index contributed by atoms with van der Waals surface area (Å²) in [5, 5.41) is 6.55. The van der Waals surface area contributed by atoms with Crippen LogP contribution in [0, 0.1) is 6.92 Å². The first-order valence-corrected chi connectivity index (χ1v) is 10.3. The zero-order valence-electron chi connectivity index (χ0n) is 17.6. The first kappa shape index (κ1) is 21.6. The van der Waals surface area contributed by atoms with Crippen LogP contribution in [0.3, 0.4) is 0 Å². The van der Waals surface area contributed by atoms with Crippen molar-refractivity contribution in [3.63, 3.8) is 0 Å². The first-order valence-electron chi connectivity index (χ1n) is 10.3. The fourth-order valence-corrected chi connectivity index (χ4v) is 3.24. The fraction of sp³-hybridized carbons (Fsp3) is 0.524. The monoisotopic (exact) mass is 416 g/mol. The maximum Gasteiger partial charge on any atom is 0.260 e. The largest absolute Gasteiger partial charge is 0.490 e. The number of benzene rings is 1. The maximum absolute atomic E-state index is 12.6. The van der Waals surface area contributed by atoms with Crippen LogP contribution in [-0.4, -0.2) is 53.2 Å². The molecule has 1 aromatic heterocycles. The van der Waals surface area contributed by atoms with Crippen molar-refractivity contribution < 1.29 is 23.6 Å². The van der Waals surface area contributed by atoms with Gasteiger partial charge in [0.1, 0.15) is 6.04 Å². The van der Waals surface area contributed by atoms with E-state index < -0.39 is 6.04 Å². The van der Waals surface area contributed by atoms with Gasteiger partial charge in [0, 0.05) is 18.7 Å². The number of hydrogen-bond acceptors (Lipinski definition) is 7. The predicted octanol–water partition coefficient (Wildman–Crippen LogP) is 2.66. The van der Waals surface area contributed by atoms with E-state index in [9.17, 15) is 9.59 Å². The SMILES string of the molecule is CCOc1cc(C(=O)NC(C)c2nc(C)no2)ccc1OCC(=O)N1CCCCC1. The lowest BCUT2D eigenvalue weighted by atomic mass is 10.1. The molecule has 9 heteroatoms. The van der Waals surface area contributed by atoms with Gasteiger partial charge >= 0.3 is 0 Å². The highest BCUT2D eigenvalue weighted by Crippen LogP contribution is 2.29. The van der Waals surface area contributed by atoms with E-state index in [2.05, 4.69) is 15.5 Å². The Hall–Kier alpha value is -3.10. The van der Waals surface area contributed by atoms with E-state index in [0.29, 0.717) is 35.4 Å². The molecule has 162 valence electrons. The number of amides is 2. The highest BCUT2D eigenvalue weighted by atomic mass is 16.5. The summed E-state index contributed by atoms with van der Waals surface area (Å²) in [6, 6.07) is 4.44. The average Bonchev–Trinajstić information content (AvgIpc) is 3.20. The third-order valence-corrected chi connectivity index (χ3v) is 4.83. The smallest absolute Gasteiger partial charge is 0.260 e. The number of carbonyl (C=O) groups excluding carboxylic acids is 2. The Balaban J connectivity index is 1.64. The highest BCUT2D eigenvalue weighted by molar-refractivity contribution is 5.95. The van der Waals surface area contributed by atoms with Gasteiger partial charge in [-0.2, -0.15) is 4.98 Å². The number of hydrogen-bond donors (Lipinski definition) is 1. The van der Waals surface area contributed by atoms with E-state index in [1.807, 2.05) is 11.8 Å². The summed E-state index contributed by atoms with van der Waals surface area (Å²) in [4.78, 5) is 30.9. The van der Waals surface area contributed by atoms with Gasteiger partial charge in [0.25, 0.3) is 11.8 Å². The molecule has 9 nitrogen and oxygen atoms in total. The van der Waals surface area contributed by atoms with Crippen LogP contribution in [0.5, 0.6) is 11.5 Å². The summed E-state index contributed by atoms with van der Waals surface area (Å²) in [7, 11) is 0. The number of aryl methyl sites for hydroxylation is 1. The standard InChI is InChI=1S/C21H28N4O5/c1-4-28-18-12-16(20(27)22-14(2)21-23-15(3)24-30-21)8-9-17(18)29-13-19(26)25-10-6-5-7-11-25/h8-9,12,14H,4-7,10-11,13H2,1-3H3,(H,22,27). The van der Waals surface area contributed by atoms with Gasteiger partial charge in [0.2, 0.25) is 5.89 Å². The van der Waals surface area contributed by atoms with Crippen LogP contribution in [0.1, 0.15) is 61.2 Å². The molecule has 0 aliphatic carbocycles. The topological polar surface area (TPSA) is 107 Å². The summed E-state index contributed by atoms with van der Waals surface area (Å²) in [6.45, 7) is 7.21. The van der Waals surface area contributed by atoms with Crippen molar-refractivity contribution in [3.05, 3.63) is 35.5 Å². The van der Waals surface area contributed by atoms with Gasteiger partial charge < -0.3 is 24.2 Å². The summed E-state index contributed by atoms with van der Waals surface area (Å²) in [5.41, 5.74) is 0.399. The van der Waals surface area contributed by atoms with Gasteiger partial charge in [0.05, 0.1) is 6.61 Å². The van der Waals surface area contributed by atoms with Gasteiger partial charge in [-0.15, -0.1) is 0 Å². The van der Waals surface area contributed by atoms with Gasteiger partial charge in [-0.3, -0.25) is 9.59 Å². The average molecular weight is 416 g/mol. The van der Waals surface area contributed by atoms with Crippen molar-refractivity contribution in [2.75, 3.05) is 26.3 Å². The molecule has 0 radical (unpaired) electrons. The Morgan fingerprint density at radius 2 is 1.97 bits per heavy atom. The minimum Gasteiger partial charge on any atom is -0.490 e. The Kier molecular flexibility index (Phi) is 7.26. The zero-order chi connectivity index (χ0) is 21.5. The number of nitrogens with zero attached hydrogens (tertiary/aromatic N) is 3. The summed E-state index contributed by atoms with van der Waals surface area (Å²) in [5.74, 6) is 1.34. The number of nitrogens with one attached hydrogen (secondary N) is 1. The molecule has 1 aliphatic rings. The molecule has 0 spiro atoms. The molecule has 0 saturated carbocycles. The molecule has 2 aromatic rings. The van der Waals surface area contributed by atoms with E-state index in [1.54, 1.807) is 32.0 Å². The lowest BCUT2D eigenvalue weighted by Gasteiger charge is -2.26. The third-order valence-electron chi connectivity index (χ3n) is 4.83. The molecule has 1 N–H and O–H groups in total. The van der Waals surface area contributed by atoms with Crippen LogP contribution < -0.4 is 14.8 Å². The normalized spacial score (nSPS) is 14.8. The number of aromatic nitrogens is 2. The second kappa shape index (κ2) is 10.1. The van der Waals surface area contributed by atoms with Crippen molar-refractivity contribution in [2.45, 2.75) is 46.1 Å². The minimum atomic E-state index is -0.438. The quantitative estimate of drug-likeness (QED) is 0.705. The molecule has 30 heavy (non-hydrogen) atoms. The number of likely N-dealkylation sites (tertiary alicyclic amines) is 1. The Morgan fingerprint density at radius 3 is 2.63 bits per heavy atom. The summed E-state index contributed by atoms with van der Waals surface area (Å²) >= 11 is 0. The lowest BCUT2D eigenvalue weighted by molar-refractivity contribution is -0.134. The van der Waals surface area contributed by atoms with E-state index in [-0.39, 0.29) is 18.4 Å². The van der Waals surface area contributed by atoms with Crippen LogP contribution in [0.25, 0.3) is 0 Å². The summed E-state index contributed by atoms with van der Waals surface area (Å²) in [6.07, 6.45) is 3.22. The fourth-order valence-electron chi connectivity index (χ4n) is 3.24. The van der Waals surface area contributed by atoms with Crippen molar-refractivity contribution in [1.82, 2.24) is 20.4 Å². The third kappa shape index (κ3) is 5.49.